The molecule has 1 saturated carbocycles. The van der Waals surface area contributed by atoms with Crippen molar-refractivity contribution < 1.29 is 36.7 Å². The Labute approximate surface area is 261 Å². The maximum atomic E-state index is 15.4. The molecule has 1 N–H and O–H groups in total. The van der Waals surface area contributed by atoms with Crippen LogP contribution >= 0.6 is 0 Å². The van der Waals surface area contributed by atoms with Crippen molar-refractivity contribution in [2.24, 2.45) is 5.92 Å². The summed E-state index contributed by atoms with van der Waals surface area (Å²) in [5.74, 6) is -5.70. The third-order valence-electron chi connectivity index (χ3n) is 9.07. The first-order valence-corrected chi connectivity index (χ1v) is 14.9. The Kier molecular flexibility index (Phi) is 7.41. The van der Waals surface area contributed by atoms with E-state index in [1.807, 2.05) is 13.8 Å². The van der Waals surface area contributed by atoms with E-state index in [4.69, 9.17) is 0 Å². The number of para-hydroxylation sites is 1. The number of ketones is 1. The molecule has 240 valence electrons. The van der Waals surface area contributed by atoms with Crippen molar-refractivity contribution in [2.75, 3.05) is 18.9 Å². The van der Waals surface area contributed by atoms with Crippen LogP contribution in [0.4, 0.5) is 23.2 Å². The number of aromatic nitrogens is 2. The number of halogens is 4. The second kappa shape index (κ2) is 10.9. The summed E-state index contributed by atoms with van der Waals surface area (Å²) in [4.78, 5) is 60.1. The quantitative estimate of drug-likeness (QED) is 0.298. The van der Waals surface area contributed by atoms with Crippen LogP contribution in [0.1, 0.15) is 77.6 Å². The van der Waals surface area contributed by atoms with E-state index < -0.39 is 69.9 Å². The number of nitriles is 1. The van der Waals surface area contributed by atoms with E-state index in [9.17, 15) is 37.6 Å². The molecule has 3 aliphatic rings. The highest BCUT2D eigenvalue weighted by Gasteiger charge is 2.56. The van der Waals surface area contributed by atoms with Gasteiger partial charge in [0.05, 0.1) is 22.7 Å². The first-order valence-electron chi connectivity index (χ1n) is 14.9. The summed E-state index contributed by atoms with van der Waals surface area (Å²) < 4.78 is 56.8. The SMILES string of the molecule is CC(C)C[C@@H](C(=O)N1C[C@]2(C[C@H]1C#N)C(=O)Nc1ccccc12)N(C)C(=O)c1cc(F)c2nc(C3CC3)c(C(=O)C(F)(F)F)n2c1. The first kappa shape index (κ1) is 31.2. The standard InChI is InChI=1S/C32H30F4N6O4/c1-16(2)10-23(29(45)42-15-31(12-19(42)13-37)20-6-4-5-7-22(20)38-30(31)46)40(3)28(44)18-11-21(33)27-39-24(17-8-9-17)25(41(27)14-18)26(43)32(34,35)36/h4-7,11,14,16-17,19,23H,8-10,12,15H2,1-3H3,(H,38,46)/t19-,23-,31-/m0/s1. The van der Waals surface area contributed by atoms with E-state index in [2.05, 4.69) is 16.4 Å². The molecule has 46 heavy (non-hydrogen) atoms. The van der Waals surface area contributed by atoms with Crippen LogP contribution in [-0.4, -0.2) is 74.5 Å². The van der Waals surface area contributed by atoms with Crippen molar-refractivity contribution in [3.05, 3.63) is 64.9 Å². The lowest BCUT2D eigenvalue weighted by Gasteiger charge is -2.33. The molecule has 3 atom stereocenters. The molecular weight excluding hydrogens is 608 g/mol. The molecule has 4 heterocycles. The topological polar surface area (TPSA) is 128 Å². The number of amides is 3. The summed E-state index contributed by atoms with van der Waals surface area (Å²) in [5, 5.41) is 12.9. The number of likely N-dealkylation sites (tertiary alicyclic amines) is 1. The summed E-state index contributed by atoms with van der Waals surface area (Å²) in [6, 6.07) is 7.81. The smallest absolute Gasteiger partial charge is 0.330 e. The van der Waals surface area contributed by atoms with Crippen LogP contribution in [0.3, 0.4) is 0 Å². The maximum Gasteiger partial charge on any atom is 0.456 e. The van der Waals surface area contributed by atoms with Crippen LogP contribution < -0.4 is 5.32 Å². The molecular formula is C32H30F4N6O4. The van der Waals surface area contributed by atoms with Gasteiger partial charge in [-0.1, -0.05) is 32.0 Å². The van der Waals surface area contributed by atoms with Crippen molar-refractivity contribution >= 4 is 34.8 Å². The van der Waals surface area contributed by atoms with Crippen LogP contribution in [0.15, 0.2) is 36.5 Å². The molecule has 0 unspecified atom stereocenters. The minimum Gasteiger partial charge on any atom is -0.330 e. The van der Waals surface area contributed by atoms with Gasteiger partial charge in [-0.2, -0.15) is 18.4 Å². The van der Waals surface area contributed by atoms with Gasteiger partial charge in [-0.05, 0) is 42.9 Å². The lowest BCUT2D eigenvalue weighted by molar-refractivity contribution is -0.136. The Bertz CT molecular complexity index is 1840. The van der Waals surface area contributed by atoms with Gasteiger partial charge in [-0.15, -0.1) is 0 Å². The van der Waals surface area contributed by atoms with Gasteiger partial charge in [0.15, 0.2) is 11.5 Å². The van der Waals surface area contributed by atoms with Gasteiger partial charge in [0.25, 0.3) is 11.7 Å². The average Bonchev–Trinajstić information content (AvgIpc) is 3.58. The fourth-order valence-electron chi connectivity index (χ4n) is 6.63. The van der Waals surface area contributed by atoms with Crippen LogP contribution in [0.5, 0.6) is 0 Å². The number of imidazole rings is 1. The number of hydrogen-bond acceptors (Lipinski definition) is 6. The van der Waals surface area contributed by atoms with E-state index in [1.165, 1.54) is 11.9 Å². The molecule has 10 nitrogen and oxygen atoms in total. The second-order valence-corrected chi connectivity index (χ2v) is 12.7. The Morgan fingerprint density at radius 3 is 2.54 bits per heavy atom. The monoisotopic (exact) mass is 638 g/mol. The number of likely N-dealkylation sites (N-methyl/N-ethyl adjacent to an activating group) is 1. The van der Waals surface area contributed by atoms with Gasteiger partial charge in [0.1, 0.15) is 17.8 Å². The molecule has 3 amide bonds. The number of nitrogens with one attached hydrogen (secondary N) is 1. The predicted molar refractivity (Wildman–Crippen MR) is 155 cm³/mol. The lowest BCUT2D eigenvalue weighted by atomic mass is 9.80. The van der Waals surface area contributed by atoms with Crippen LogP contribution in [0, 0.1) is 23.1 Å². The highest BCUT2D eigenvalue weighted by atomic mass is 19.4. The fraction of sp³-hybridized carbons (Fsp3) is 0.438. The molecule has 1 saturated heterocycles. The minimum absolute atomic E-state index is 0.0476. The number of anilines is 1. The molecule has 6 rings (SSSR count). The molecule has 1 aliphatic carbocycles. The summed E-state index contributed by atoms with van der Waals surface area (Å²) in [6.07, 6.45) is -3.16. The highest BCUT2D eigenvalue weighted by molar-refractivity contribution is 6.07. The number of rotatable bonds is 7. The zero-order chi connectivity index (χ0) is 33.3. The van der Waals surface area contributed by atoms with Crippen molar-refractivity contribution in [1.29, 1.82) is 5.26 Å². The normalized spacial score (nSPS) is 21.4. The summed E-state index contributed by atoms with van der Waals surface area (Å²) >= 11 is 0. The zero-order valence-corrected chi connectivity index (χ0v) is 25.2. The number of benzene rings is 1. The number of pyridine rings is 1. The Morgan fingerprint density at radius 1 is 1.22 bits per heavy atom. The van der Waals surface area contributed by atoms with Crippen molar-refractivity contribution in [1.82, 2.24) is 19.2 Å². The molecule has 0 bridgehead atoms. The maximum absolute atomic E-state index is 15.4. The molecule has 0 radical (unpaired) electrons. The Morgan fingerprint density at radius 2 is 1.91 bits per heavy atom. The van der Waals surface area contributed by atoms with Crippen molar-refractivity contribution in [3.8, 4) is 6.07 Å². The molecule has 1 aromatic carbocycles. The number of hydrogen-bond donors (Lipinski definition) is 1. The zero-order valence-electron chi connectivity index (χ0n) is 25.2. The van der Waals surface area contributed by atoms with E-state index in [0.29, 0.717) is 28.5 Å². The molecule has 2 fully saturated rings. The Balaban J connectivity index is 1.35. The third-order valence-corrected chi connectivity index (χ3v) is 9.07. The van der Waals surface area contributed by atoms with Gasteiger partial charge in [-0.3, -0.25) is 23.6 Å². The second-order valence-electron chi connectivity index (χ2n) is 12.7. The summed E-state index contributed by atoms with van der Waals surface area (Å²) in [5.41, 5.74) is -1.83. The number of alkyl halides is 3. The average molecular weight is 639 g/mol. The lowest BCUT2D eigenvalue weighted by Crippen LogP contribution is -2.52. The minimum atomic E-state index is -5.26. The van der Waals surface area contributed by atoms with E-state index in [0.717, 1.165) is 17.2 Å². The molecule has 3 aromatic rings. The summed E-state index contributed by atoms with van der Waals surface area (Å²) in [6.45, 7) is 3.53. The fourth-order valence-corrected chi connectivity index (χ4v) is 6.63. The van der Waals surface area contributed by atoms with Gasteiger partial charge in [0.2, 0.25) is 11.8 Å². The van der Waals surface area contributed by atoms with E-state index in [-0.39, 0.29) is 36.9 Å². The van der Waals surface area contributed by atoms with E-state index >= 15 is 4.39 Å². The Hall–Kier alpha value is -4.80. The first-order chi connectivity index (χ1) is 21.7. The van der Waals surface area contributed by atoms with Crippen molar-refractivity contribution in [2.45, 2.75) is 69.1 Å². The molecule has 2 aliphatic heterocycles. The highest BCUT2D eigenvalue weighted by Crippen LogP contribution is 2.47. The molecule has 1 spiro atoms. The van der Waals surface area contributed by atoms with Gasteiger partial charge in [-0.25, -0.2) is 9.37 Å². The van der Waals surface area contributed by atoms with Crippen LogP contribution in [0.2, 0.25) is 0 Å². The molecule has 14 heteroatoms. The van der Waals surface area contributed by atoms with E-state index in [1.54, 1.807) is 24.3 Å². The number of carbonyl (C=O) groups excluding carboxylic acids is 4. The summed E-state index contributed by atoms with van der Waals surface area (Å²) in [7, 11) is 1.31. The van der Waals surface area contributed by atoms with Crippen molar-refractivity contribution in [3.63, 3.8) is 0 Å². The predicted octanol–water partition coefficient (Wildman–Crippen LogP) is 4.60. The van der Waals surface area contributed by atoms with Crippen LogP contribution in [0.25, 0.3) is 5.65 Å². The number of nitrogens with zero attached hydrogens (tertiary/aromatic N) is 5. The van der Waals surface area contributed by atoms with Gasteiger partial charge in [0, 0.05) is 37.8 Å². The van der Waals surface area contributed by atoms with Crippen LogP contribution in [-0.2, 0) is 15.0 Å². The molecule has 2 aromatic heterocycles. The van der Waals surface area contributed by atoms with Gasteiger partial charge >= 0.3 is 6.18 Å². The number of Topliss-reactive ketones (excluding diaryl/α,β-unsaturated/α-hetero) is 1. The van der Waals surface area contributed by atoms with Gasteiger partial charge < -0.3 is 15.1 Å². The largest absolute Gasteiger partial charge is 0.456 e. The number of carbonyl (C=O) groups is 4. The third kappa shape index (κ3) is 4.98. The number of fused-ring (bicyclic) bond motifs is 3.